The lowest BCUT2D eigenvalue weighted by molar-refractivity contribution is -0.159. The molecule has 1 fully saturated rings. The first-order chi connectivity index (χ1) is 10.7. The number of ether oxygens (including phenoxy) is 3. The summed E-state index contributed by atoms with van der Waals surface area (Å²) in [6.07, 6.45) is 4.29. The number of aryl methyl sites for hydroxylation is 1. The van der Waals surface area contributed by atoms with Crippen LogP contribution < -0.4 is 0 Å². The molecule has 0 saturated carbocycles. The number of hydrogen-bond donors (Lipinski definition) is 0. The summed E-state index contributed by atoms with van der Waals surface area (Å²) in [6.45, 7) is 4.95. The lowest BCUT2D eigenvalue weighted by atomic mass is 10.2. The zero-order chi connectivity index (χ0) is 15.8. The Morgan fingerprint density at radius 1 is 1.50 bits per heavy atom. The minimum absolute atomic E-state index is 0.00207. The van der Waals surface area contributed by atoms with Crippen LogP contribution >= 0.6 is 0 Å². The van der Waals surface area contributed by atoms with Crippen LogP contribution in [0.4, 0.5) is 0 Å². The number of hydrogen-bond acceptors (Lipinski definition) is 7. The van der Waals surface area contributed by atoms with Gasteiger partial charge in [-0.3, -0.25) is 0 Å². The monoisotopic (exact) mass is 312 g/mol. The van der Waals surface area contributed by atoms with Crippen molar-refractivity contribution in [1.29, 1.82) is 0 Å². The van der Waals surface area contributed by atoms with E-state index in [-0.39, 0.29) is 12.7 Å². The second-order valence-electron chi connectivity index (χ2n) is 5.43. The van der Waals surface area contributed by atoms with Crippen LogP contribution in [0.2, 0.25) is 0 Å². The van der Waals surface area contributed by atoms with Crippen LogP contribution in [0.3, 0.4) is 0 Å². The number of unbranched alkanes of at least 4 members (excludes halogenated alkanes) is 1. The Kier molecular flexibility index (Phi) is 6.79. The molecule has 0 spiro atoms. The Labute approximate surface area is 130 Å². The standard InChI is InChI=1S/C15H24N2O5/c1-3-4-7-14-16-13(17-22-14)10-21-15(18)11(2)20-9-12-6-5-8-19-12/h11-12H,3-10H2,1-2H3. The number of rotatable bonds is 9. The maximum absolute atomic E-state index is 11.8. The molecule has 7 heteroatoms. The van der Waals surface area contributed by atoms with E-state index in [1.54, 1.807) is 6.92 Å². The molecule has 22 heavy (non-hydrogen) atoms. The Hall–Kier alpha value is -1.47. The van der Waals surface area contributed by atoms with Gasteiger partial charge in [-0.25, -0.2) is 4.79 Å². The van der Waals surface area contributed by atoms with Crippen LogP contribution in [0.1, 0.15) is 51.2 Å². The molecule has 1 saturated heterocycles. The Balaban J connectivity index is 1.66. The normalized spacial score (nSPS) is 19.3. The summed E-state index contributed by atoms with van der Waals surface area (Å²) in [5.74, 6) is 0.527. The van der Waals surface area contributed by atoms with Crippen molar-refractivity contribution in [3.05, 3.63) is 11.7 Å². The molecular weight excluding hydrogens is 288 g/mol. The molecule has 0 amide bonds. The molecule has 124 valence electrons. The van der Waals surface area contributed by atoms with E-state index >= 15 is 0 Å². The van der Waals surface area contributed by atoms with Gasteiger partial charge in [-0.05, 0) is 26.2 Å². The second-order valence-corrected chi connectivity index (χ2v) is 5.43. The van der Waals surface area contributed by atoms with E-state index in [1.807, 2.05) is 0 Å². The van der Waals surface area contributed by atoms with Crippen molar-refractivity contribution in [2.75, 3.05) is 13.2 Å². The smallest absolute Gasteiger partial charge is 0.335 e. The van der Waals surface area contributed by atoms with Gasteiger partial charge in [-0.2, -0.15) is 4.98 Å². The van der Waals surface area contributed by atoms with Crippen molar-refractivity contribution >= 4 is 5.97 Å². The van der Waals surface area contributed by atoms with Crippen LogP contribution in [-0.4, -0.2) is 41.5 Å². The Bertz CT molecular complexity index is 457. The minimum atomic E-state index is -0.629. The third-order valence-corrected chi connectivity index (χ3v) is 3.49. The van der Waals surface area contributed by atoms with Gasteiger partial charge in [0.05, 0.1) is 12.7 Å². The molecule has 2 atom stereocenters. The van der Waals surface area contributed by atoms with E-state index in [9.17, 15) is 4.79 Å². The highest BCUT2D eigenvalue weighted by Crippen LogP contribution is 2.13. The zero-order valence-corrected chi connectivity index (χ0v) is 13.2. The lowest BCUT2D eigenvalue weighted by Gasteiger charge is -2.14. The van der Waals surface area contributed by atoms with E-state index < -0.39 is 12.1 Å². The van der Waals surface area contributed by atoms with Crippen LogP contribution in [0.25, 0.3) is 0 Å². The fraction of sp³-hybridized carbons (Fsp3) is 0.800. The third kappa shape index (κ3) is 5.38. The molecule has 2 unspecified atom stereocenters. The number of carbonyl (C=O) groups excluding carboxylic acids is 1. The van der Waals surface area contributed by atoms with E-state index in [2.05, 4.69) is 17.1 Å². The molecule has 0 radical (unpaired) electrons. The molecule has 2 heterocycles. The predicted octanol–water partition coefficient (Wildman–Crippen LogP) is 2.04. The van der Waals surface area contributed by atoms with Crippen molar-refractivity contribution in [1.82, 2.24) is 10.1 Å². The maximum atomic E-state index is 11.8. The zero-order valence-electron chi connectivity index (χ0n) is 13.2. The Morgan fingerprint density at radius 2 is 2.36 bits per heavy atom. The molecule has 1 aromatic heterocycles. The predicted molar refractivity (Wildman–Crippen MR) is 77.1 cm³/mol. The fourth-order valence-corrected chi connectivity index (χ4v) is 2.13. The van der Waals surface area contributed by atoms with Crippen LogP contribution in [0.5, 0.6) is 0 Å². The first-order valence-corrected chi connectivity index (χ1v) is 7.90. The summed E-state index contributed by atoms with van der Waals surface area (Å²) in [6, 6.07) is 0. The molecule has 0 aromatic carbocycles. The molecule has 7 nitrogen and oxygen atoms in total. The van der Waals surface area contributed by atoms with Gasteiger partial charge in [0, 0.05) is 13.0 Å². The summed E-state index contributed by atoms with van der Waals surface area (Å²) in [5.41, 5.74) is 0. The van der Waals surface area contributed by atoms with E-state index in [1.165, 1.54) is 0 Å². The van der Waals surface area contributed by atoms with Crippen molar-refractivity contribution in [3.63, 3.8) is 0 Å². The summed E-state index contributed by atoms with van der Waals surface area (Å²) < 4.78 is 21.1. The van der Waals surface area contributed by atoms with Gasteiger partial charge in [-0.15, -0.1) is 0 Å². The van der Waals surface area contributed by atoms with Gasteiger partial charge in [0.25, 0.3) is 0 Å². The van der Waals surface area contributed by atoms with Crippen LogP contribution in [0, 0.1) is 0 Å². The molecule has 1 aromatic rings. The van der Waals surface area contributed by atoms with Crippen molar-refractivity contribution in [3.8, 4) is 0 Å². The average molecular weight is 312 g/mol. The number of carbonyl (C=O) groups is 1. The fourth-order valence-electron chi connectivity index (χ4n) is 2.13. The highest BCUT2D eigenvalue weighted by Gasteiger charge is 2.21. The maximum Gasteiger partial charge on any atom is 0.335 e. The molecule has 2 rings (SSSR count). The van der Waals surface area contributed by atoms with E-state index in [0.717, 1.165) is 38.7 Å². The first kappa shape index (κ1) is 16.9. The summed E-state index contributed by atoms with van der Waals surface area (Å²) >= 11 is 0. The summed E-state index contributed by atoms with van der Waals surface area (Å²) in [5, 5.41) is 3.79. The van der Waals surface area contributed by atoms with E-state index in [0.29, 0.717) is 18.3 Å². The van der Waals surface area contributed by atoms with Crippen LogP contribution in [-0.2, 0) is 32.0 Å². The van der Waals surface area contributed by atoms with Crippen molar-refractivity contribution < 1.29 is 23.5 Å². The van der Waals surface area contributed by atoms with Gasteiger partial charge in [-0.1, -0.05) is 18.5 Å². The topological polar surface area (TPSA) is 83.7 Å². The lowest BCUT2D eigenvalue weighted by Crippen LogP contribution is -2.27. The molecule has 0 bridgehead atoms. The number of esters is 1. The molecule has 1 aliphatic heterocycles. The van der Waals surface area contributed by atoms with Gasteiger partial charge >= 0.3 is 5.97 Å². The van der Waals surface area contributed by atoms with Gasteiger partial charge in [0.2, 0.25) is 11.7 Å². The SMILES string of the molecule is CCCCc1nc(COC(=O)C(C)OCC2CCCO2)no1. The number of aromatic nitrogens is 2. The van der Waals surface area contributed by atoms with Gasteiger partial charge < -0.3 is 18.7 Å². The quantitative estimate of drug-likeness (QED) is 0.645. The summed E-state index contributed by atoms with van der Waals surface area (Å²) in [7, 11) is 0. The van der Waals surface area contributed by atoms with Crippen molar-refractivity contribution in [2.45, 2.75) is 64.8 Å². The Morgan fingerprint density at radius 3 is 3.09 bits per heavy atom. The second kappa shape index (κ2) is 8.85. The highest BCUT2D eigenvalue weighted by atomic mass is 16.6. The highest BCUT2D eigenvalue weighted by molar-refractivity contribution is 5.74. The summed E-state index contributed by atoms with van der Waals surface area (Å²) in [4.78, 5) is 16.0. The van der Waals surface area contributed by atoms with Gasteiger partial charge in [0.15, 0.2) is 12.7 Å². The van der Waals surface area contributed by atoms with E-state index in [4.69, 9.17) is 18.7 Å². The molecular formula is C15H24N2O5. The minimum Gasteiger partial charge on any atom is -0.455 e. The molecule has 0 aliphatic carbocycles. The number of nitrogens with zero attached hydrogens (tertiary/aromatic N) is 2. The average Bonchev–Trinajstić information content (AvgIpc) is 3.19. The largest absolute Gasteiger partial charge is 0.455 e. The van der Waals surface area contributed by atoms with Crippen LogP contribution in [0.15, 0.2) is 4.52 Å². The molecule has 0 N–H and O–H groups in total. The van der Waals surface area contributed by atoms with Crippen molar-refractivity contribution in [2.24, 2.45) is 0 Å². The first-order valence-electron chi connectivity index (χ1n) is 7.90. The van der Waals surface area contributed by atoms with Gasteiger partial charge in [0.1, 0.15) is 0 Å². The third-order valence-electron chi connectivity index (χ3n) is 3.49. The molecule has 1 aliphatic rings.